The molecule has 2 rings (SSSR count). The lowest BCUT2D eigenvalue weighted by Gasteiger charge is -2.21. The highest BCUT2D eigenvalue weighted by Crippen LogP contribution is 2.25. The number of nitrogens with one attached hydrogen (secondary N) is 1. The third kappa shape index (κ3) is 2.71. The number of nitrogens with two attached hydrogens (primary N) is 1. The Balaban J connectivity index is 2.30. The second-order valence-electron chi connectivity index (χ2n) is 4.86. The molecule has 19 heavy (non-hydrogen) atoms. The molecular weight excluding hydrogens is 244 g/mol. The van der Waals surface area contributed by atoms with Gasteiger partial charge in [-0.05, 0) is 37.6 Å². The van der Waals surface area contributed by atoms with Gasteiger partial charge >= 0.3 is 5.97 Å². The van der Waals surface area contributed by atoms with E-state index >= 15 is 0 Å². The lowest BCUT2D eigenvalue weighted by molar-refractivity contribution is -0.148. The van der Waals surface area contributed by atoms with E-state index in [9.17, 15) is 9.90 Å². The molecule has 0 radical (unpaired) electrons. The van der Waals surface area contributed by atoms with Gasteiger partial charge in [0.05, 0.1) is 6.61 Å². The standard InChI is InChI=1S/C14H18N2O3/c1-3-19-13(18)14(2,15)7-9-8-16-12-5-4-10(17)6-11(9)12/h4-6,8,16-17H,3,7,15H2,1-2H3/t14-/m0/s1. The molecule has 0 aliphatic rings. The van der Waals surface area contributed by atoms with E-state index in [0.717, 1.165) is 16.5 Å². The van der Waals surface area contributed by atoms with Crippen LogP contribution in [0.25, 0.3) is 10.9 Å². The third-order valence-electron chi connectivity index (χ3n) is 3.05. The van der Waals surface area contributed by atoms with Crippen molar-refractivity contribution in [2.24, 2.45) is 5.73 Å². The van der Waals surface area contributed by atoms with E-state index in [2.05, 4.69) is 4.98 Å². The van der Waals surface area contributed by atoms with E-state index in [1.54, 1.807) is 38.2 Å². The van der Waals surface area contributed by atoms with Crippen molar-refractivity contribution in [1.82, 2.24) is 4.98 Å². The molecule has 0 unspecified atom stereocenters. The number of aromatic nitrogens is 1. The third-order valence-corrected chi connectivity index (χ3v) is 3.05. The van der Waals surface area contributed by atoms with Crippen LogP contribution in [0.4, 0.5) is 0 Å². The minimum absolute atomic E-state index is 0.184. The van der Waals surface area contributed by atoms with Crippen molar-refractivity contribution >= 4 is 16.9 Å². The average Bonchev–Trinajstić information content (AvgIpc) is 2.72. The van der Waals surface area contributed by atoms with Crippen LogP contribution in [0.5, 0.6) is 5.75 Å². The van der Waals surface area contributed by atoms with Gasteiger partial charge in [-0.25, -0.2) is 0 Å². The molecule has 0 saturated heterocycles. The van der Waals surface area contributed by atoms with Crippen molar-refractivity contribution in [1.29, 1.82) is 0 Å². The van der Waals surface area contributed by atoms with Crippen LogP contribution in [0, 0.1) is 0 Å². The van der Waals surface area contributed by atoms with Gasteiger partial charge in [-0.3, -0.25) is 4.79 Å². The molecule has 0 fully saturated rings. The Kier molecular flexibility index (Phi) is 3.48. The fourth-order valence-electron chi connectivity index (χ4n) is 2.08. The highest BCUT2D eigenvalue weighted by Gasteiger charge is 2.31. The van der Waals surface area contributed by atoms with Crippen LogP contribution in [0.1, 0.15) is 19.4 Å². The van der Waals surface area contributed by atoms with Crippen molar-refractivity contribution in [3.8, 4) is 5.75 Å². The number of hydrogen-bond acceptors (Lipinski definition) is 4. The number of fused-ring (bicyclic) bond motifs is 1. The summed E-state index contributed by atoms with van der Waals surface area (Å²) in [4.78, 5) is 14.9. The van der Waals surface area contributed by atoms with Crippen LogP contribution in [-0.4, -0.2) is 28.2 Å². The minimum Gasteiger partial charge on any atom is -0.508 e. The van der Waals surface area contributed by atoms with Gasteiger partial charge in [0.15, 0.2) is 0 Å². The summed E-state index contributed by atoms with van der Waals surface area (Å²) in [5, 5.41) is 10.4. The van der Waals surface area contributed by atoms with Crippen LogP contribution >= 0.6 is 0 Å². The van der Waals surface area contributed by atoms with E-state index in [1.165, 1.54) is 0 Å². The van der Waals surface area contributed by atoms with Crippen LogP contribution < -0.4 is 5.73 Å². The first-order chi connectivity index (χ1) is 8.94. The first kappa shape index (κ1) is 13.4. The minimum atomic E-state index is -1.09. The molecule has 1 aromatic carbocycles. The zero-order chi connectivity index (χ0) is 14.0. The van der Waals surface area contributed by atoms with Gasteiger partial charge in [-0.2, -0.15) is 0 Å². The molecule has 1 aromatic heterocycles. The smallest absolute Gasteiger partial charge is 0.326 e. The maximum atomic E-state index is 11.8. The molecule has 5 nitrogen and oxygen atoms in total. The van der Waals surface area contributed by atoms with Crippen LogP contribution in [0.2, 0.25) is 0 Å². The maximum absolute atomic E-state index is 11.8. The predicted molar refractivity (Wildman–Crippen MR) is 72.9 cm³/mol. The van der Waals surface area contributed by atoms with Gasteiger partial charge in [-0.15, -0.1) is 0 Å². The van der Waals surface area contributed by atoms with Crippen molar-refractivity contribution in [3.05, 3.63) is 30.0 Å². The predicted octanol–water partition coefficient (Wildman–Crippen LogP) is 1.70. The first-order valence-corrected chi connectivity index (χ1v) is 6.19. The number of rotatable bonds is 4. The summed E-state index contributed by atoms with van der Waals surface area (Å²) in [7, 11) is 0. The number of hydrogen-bond donors (Lipinski definition) is 3. The lowest BCUT2D eigenvalue weighted by atomic mass is 9.94. The zero-order valence-electron chi connectivity index (χ0n) is 11.1. The quantitative estimate of drug-likeness (QED) is 0.732. The van der Waals surface area contributed by atoms with E-state index in [1.807, 2.05) is 0 Å². The van der Waals surface area contributed by atoms with E-state index in [-0.39, 0.29) is 5.75 Å². The van der Waals surface area contributed by atoms with Gasteiger partial charge in [0.25, 0.3) is 0 Å². The second-order valence-corrected chi connectivity index (χ2v) is 4.86. The molecule has 102 valence electrons. The SMILES string of the molecule is CCOC(=O)[C@@](C)(N)Cc1c[nH]c2ccc(O)cc12. The molecule has 2 aromatic rings. The molecule has 0 aliphatic carbocycles. The molecule has 1 atom stereocenters. The van der Waals surface area contributed by atoms with Crippen LogP contribution in [0.3, 0.4) is 0 Å². The molecular formula is C14H18N2O3. The Morgan fingerprint density at radius 1 is 1.53 bits per heavy atom. The Hall–Kier alpha value is -2.01. The fraction of sp³-hybridized carbons (Fsp3) is 0.357. The van der Waals surface area contributed by atoms with Gasteiger partial charge in [0, 0.05) is 23.5 Å². The number of carbonyl (C=O) groups is 1. The number of benzene rings is 1. The Labute approximate surface area is 111 Å². The topological polar surface area (TPSA) is 88.3 Å². The second kappa shape index (κ2) is 4.93. The molecule has 0 spiro atoms. The van der Waals surface area contributed by atoms with Gasteiger partial charge < -0.3 is 20.6 Å². The number of H-pyrrole nitrogens is 1. The van der Waals surface area contributed by atoms with Crippen molar-refractivity contribution in [3.63, 3.8) is 0 Å². The number of aromatic hydroxyl groups is 1. The van der Waals surface area contributed by atoms with Crippen LogP contribution in [0.15, 0.2) is 24.4 Å². The Morgan fingerprint density at radius 2 is 2.26 bits per heavy atom. The normalized spacial score (nSPS) is 14.3. The van der Waals surface area contributed by atoms with Gasteiger partial charge in [0.1, 0.15) is 11.3 Å². The monoisotopic (exact) mass is 262 g/mol. The largest absolute Gasteiger partial charge is 0.508 e. The first-order valence-electron chi connectivity index (χ1n) is 6.19. The average molecular weight is 262 g/mol. The summed E-state index contributed by atoms with van der Waals surface area (Å²) in [5.74, 6) is -0.243. The molecule has 1 heterocycles. The number of carbonyl (C=O) groups excluding carboxylic acids is 1. The summed E-state index contributed by atoms with van der Waals surface area (Å²) >= 11 is 0. The van der Waals surface area contributed by atoms with Crippen molar-refractivity contribution in [2.45, 2.75) is 25.8 Å². The fourth-order valence-corrected chi connectivity index (χ4v) is 2.08. The number of esters is 1. The molecule has 5 heteroatoms. The van der Waals surface area contributed by atoms with Crippen LogP contribution in [-0.2, 0) is 16.0 Å². The Morgan fingerprint density at radius 3 is 2.95 bits per heavy atom. The zero-order valence-corrected chi connectivity index (χ0v) is 11.1. The number of aromatic amines is 1. The lowest BCUT2D eigenvalue weighted by Crippen LogP contribution is -2.48. The molecule has 0 bridgehead atoms. The molecule has 0 aliphatic heterocycles. The van der Waals surface area contributed by atoms with Gasteiger partial charge in [0.2, 0.25) is 0 Å². The van der Waals surface area contributed by atoms with Gasteiger partial charge in [-0.1, -0.05) is 0 Å². The number of phenolic OH excluding ortho intramolecular Hbond substituents is 1. The summed E-state index contributed by atoms with van der Waals surface area (Å²) < 4.78 is 4.97. The van der Waals surface area contributed by atoms with Crippen molar-refractivity contribution < 1.29 is 14.6 Å². The summed E-state index contributed by atoms with van der Waals surface area (Å²) in [6, 6.07) is 5.05. The number of ether oxygens (including phenoxy) is 1. The maximum Gasteiger partial charge on any atom is 0.326 e. The highest BCUT2D eigenvalue weighted by atomic mass is 16.5. The van der Waals surface area contributed by atoms with E-state index < -0.39 is 11.5 Å². The van der Waals surface area contributed by atoms with E-state index in [0.29, 0.717) is 13.0 Å². The highest BCUT2D eigenvalue weighted by molar-refractivity contribution is 5.86. The molecule has 0 amide bonds. The van der Waals surface area contributed by atoms with E-state index in [4.69, 9.17) is 10.5 Å². The number of phenols is 1. The molecule has 4 N–H and O–H groups in total. The molecule has 0 saturated carbocycles. The van der Waals surface area contributed by atoms with Crippen molar-refractivity contribution in [2.75, 3.05) is 6.61 Å². The summed E-state index contributed by atoms with van der Waals surface area (Å²) in [6.07, 6.45) is 2.14. The Bertz CT molecular complexity index is 602. The summed E-state index contributed by atoms with van der Waals surface area (Å²) in [6.45, 7) is 3.70. The summed E-state index contributed by atoms with van der Waals surface area (Å²) in [5.41, 5.74) is 6.70.